The van der Waals surface area contributed by atoms with Crippen LogP contribution in [0.25, 0.3) is 0 Å². The molecule has 0 bridgehead atoms. The van der Waals surface area contributed by atoms with Crippen LogP contribution in [0.2, 0.25) is 0 Å². The summed E-state index contributed by atoms with van der Waals surface area (Å²) < 4.78 is 4.91. The minimum atomic E-state index is -0.392. The van der Waals surface area contributed by atoms with E-state index < -0.39 is 5.97 Å². The molecule has 1 atom stereocenters. The number of aromatic nitrogens is 2. The van der Waals surface area contributed by atoms with Gasteiger partial charge in [0.25, 0.3) is 0 Å². The fourth-order valence-corrected chi connectivity index (χ4v) is 1.37. The molecule has 0 amide bonds. The lowest BCUT2D eigenvalue weighted by atomic mass is 10.2. The van der Waals surface area contributed by atoms with Crippen LogP contribution in [0, 0.1) is 6.92 Å². The first-order valence-electron chi connectivity index (χ1n) is 6.04. The second-order valence-corrected chi connectivity index (χ2v) is 4.11. The average molecular weight is 252 g/mol. The van der Waals surface area contributed by atoms with E-state index in [2.05, 4.69) is 15.3 Å². The third-order valence-electron chi connectivity index (χ3n) is 2.36. The van der Waals surface area contributed by atoms with Gasteiger partial charge in [0, 0.05) is 18.8 Å². The summed E-state index contributed by atoms with van der Waals surface area (Å²) in [6.45, 7) is 6.50. The van der Waals surface area contributed by atoms with Crippen molar-refractivity contribution in [1.82, 2.24) is 9.97 Å². The first-order valence-corrected chi connectivity index (χ1v) is 6.04. The monoisotopic (exact) mass is 252 g/mol. The number of hydrogen-bond donors (Lipinski definition) is 2. The molecule has 0 saturated carbocycles. The lowest BCUT2D eigenvalue weighted by molar-refractivity contribution is 0.0524. The number of rotatable bonds is 6. The van der Waals surface area contributed by atoms with E-state index in [0.29, 0.717) is 30.4 Å². The summed E-state index contributed by atoms with van der Waals surface area (Å²) in [6, 6.07) is 0.136. The van der Waals surface area contributed by atoms with Crippen LogP contribution in [0.15, 0.2) is 6.20 Å². The van der Waals surface area contributed by atoms with E-state index >= 15 is 0 Å². The number of nitrogens with one attached hydrogen (secondary N) is 1. The van der Waals surface area contributed by atoms with Crippen LogP contribution in [0.1, 0.15) is 36.3 Å². The molecule has 0 saturated heterocycles. The number of carbonyl (C=O) groups excluding carboxylic acids is 1. The molecule has 6 nitrogen and oxygen atoms in total. The maximum absolute atomic E-state index is 11.5. The summed E-state index contributed by atoms with van der Waals surface area (Å²) in [5, 5.41) is 3.06. The van der Waals surface area contributed by atoms with Gasteiger partial charge in [0.15, 0.2) is 0 Å². The van der Waals surface area contributed by atoms with E-state index in [1.54, 1.807) is 13.8 Å². The Hall–Kier alpha value is -1.69. The van der Waals surface area contributed by atoms with Crippen LogP contribution in [-0.2, 0) is 4.74 Å². The molecule has 0 fully saturated rings. The Morgan fingerprint density at radius 2 is 2.33 bits per heavy atom. The number of nitrogens with zero attached hydrogens (tertiary/aromatic N) is 2. The van der Waals surface area contributed by atoms with E-state index in [9.17, 15) is 4.79 Å². The van der Waals surface area contributed by atoms with Gasteiger partial charge in [0.1, 0.15) is 0 Å². The summed E-state index contributed by atoms with van der Waals surface area (Å²) in [5.41, 5.74) is 6.64. The number of anilines is 1. The molecule has 0 aliphatic carbocycles. The summed E-state index contributed by atoms with van der Waals surface area (Å²) in [5.74, 6) is 0.110. The summed E-state index contributed by atoms with van der Waals surface area (Å²) in [7, 11) is 0. The molecule has 1 heterocycles. The number of nitrogens with two attached hydrogens (primary N) is 1. The minimum absolute atomic E-state index is 0.136. The molecule has 18 heavy (non-hydrogen) atoms. The Bertz CT molecular complexity index is 407. The first kappa shape index (κ1) is 14.4. The van der Waals surface area contributed by atoms with Gasteiger partial charge in [-0.05, 0) is 27.2 Å². The number of hydrogen-bond acceptors (Lipinski definition) is 6. The van der Waals surface area contributed by atoms with Crippen molar-refractivity contribution in [1.29, 1.82) is 0 Å². The summed E-state index contributed by atoms with van der Waals surface area (Å²) >= 11 is 0. The quantitative estimate of drug-likeness (QED) is 0.737. The number of carbonyl (C=O) groups is 1. The van der Waals surface area contributed by atoms with Crippen molar-refractivity contribution in [2.75, 3.05) is 18.5 Å². The fraction of sp³-hybridized carbons (Fsp3) is 0.583. The van der Waals surface area contributed by atoms with Gasteiger partial charge in [-0.25, -0.2) is 14.8 Å². The van der Waals surface area contributed by atoms with Gasteiger partial charge in [0.2, 0.25) is 5.95 Å². The van der Waals surface area contributed by atoms with E-state index in [-0.39, 0.29) is 6.04 Å². The SMILES string of the molecule is CCOC(=O)c1cnc(NCCC(C)N)nc1C. The lowest BCUT2D eigenvalue weighted by Gasteiger charge is -2.09. The lowest BCUT2D eigenvalue weighted by Crippen LogP contribution is -2.20. The summed E-state index contributed by atoms with van der Waals surface area (Å²) in [4.78, 5) is 19.8. The highest BCUT2D eigenvalue weighted by molar-refractivity contribution is 5.90. The molecule has 1 aromatic rings. The van der Waals surface area contributed by atoms with Crippen molar-refractivity contribution >= 4 is 11.9 Å². The van der Waals surface area contributed by atoms with Gasteiger partial charge in [-0.15, -0.1) is 0 Å². The largest absolute Gasteiger partial charge is 0.462 e. The highest BCUT2D eigenvalue weighted by Gasteiger charge is 2.12. The van der Waals surface area contributed by atoms with Crippen molar-refractivity contribution in [3.63, 3.8) is 0 Å². The van der Waals surface area contributed by atoms with E-state index in [0.717, 1.165) is 6.42 Å². The van der Waals surface area contributed by atoms with Crippen LogP contribution in [-0.4, -0.2) is 35.1 Å². The van der Waals surface area contributed by atoms with Gasteiger partial charge in [-0.1, -0.05) is 0 Å². The molecule has 100 valence electrons. The standard InChI is InChI=1S/C12H20N4O2/c1-4-18-11(17)10-7-15-12(16-9(10)3)14-6-5-8(2)13/h7-8H,4-6,13H2,1-3H3,(H,14,15,16). The third kappa shape index (κ3) is 4.29. The van der Waals surface area contributed by atoms with Gasteiger partial charge in [0.05, 0.1) is 17.9 Å². The summed E-state index contributed by atoms with van der Waals surface area (Å²) in [6.07, 6.45) is 2.32. The van der Waals surface area contributed by atoms with E-state index in [1.165, 1.54) is 6.20 Å². The maximum Gasteiger partial charge on any atom is 0.341 e. The van der Waals surface area contributed by atoms with Crippen LogP contribution in [0.3, 0.4) is 0 Å². The fourth-order valence-electron chi connectivity index (χ4n) is 1.37. The van der Waals surface area contributed by atoms with Crippen LogP contribution in [0.4, 0.5) is 5.95 Å². The van der Waals surface area contributed by atoms with E-state index in [1.807, 2.05) is 6.92 Å². The van der Waals surface area contributed by atoms with Gasteiger partial charge in [-0.3, -0.25) is 0 Å². The first-order chi connectivity index (χ1) is 8.54. The Morgan fingerprint density at radius 1 is 1.61 bits per heavy atom. The van der Waals surface area contributed by atoms with Crippen LogP contribution >= 0.6 is 0 Å². The second kappa shape index (κ2) is 6.90. The number of ether oxygens (including phenoxy) is 1. The molecule has 0 spiro atoms. The zero-order valence-corrected chi connectivity index (χ0v) is 11.1. The van der Waals surface area contributed by atoms with Crippen molar-refractivity contribution < 1.29 is 9.53 Å². The van der Waals surface area contributed by atoms with Gasteiger partial charge >= 0.3 is 5.97 Å². The molecular formula is C12H20N4O2. The topological polar surface area (TPSA) is 90.1 Å². The molecule has 0 aromatic carbocycles. The molecule has 0 aliphatic rings. The molecule has 0 radical (unpaired) electrons. The zero-order valence-electron chi connectivity index (χ0n) is 11.1. The Balaban J connectivity index is 2.64. The molecule has 0 aliphatic heterocycles. The van der Waals surface area contributed by atoms with Crippen LogP contribution in [0.5, 0.6) is 0 Å². The highest BCUT2D eigenvalue weighted by Crippen LogP contribution is 2.08. The van der Waals surface area contributed by atoms with E-state index in [4.69, 9.17) is 10.5 Å². The Labute approximate surface area is 107 Å². The van der Waals surface area contributed by atoms with Crippen molar-refractivity contribution in [3.05, 3.63) is 17.5 Å². The number of aryl methyl sites for hydroxylation is 1. The molecule has 6 heteroatoms. The van der Waals surface area contributed by atoms with Gasteiger partial charge in [-0.2, -0.15) is 0 Å². The van der Waals surface area contributed by atoms with Crippen molar-refractivity contribution in [2.45, 2.75) is 33.2 Å². The normalized spacial score (nSPS) is 12.0. The Kier molecular flexibility index (Phi) is 5.51. The smallest absolute Gasteiger partial charge is 0.341 e. The zero-order chi connectivity index (χ0) is 13.5. The third-order valence-corrected chi connectivity index (χ3v) is 2.36. The van der Waals surface area contributed by atoms with Gasteiger partial charge < -0.3 is 15.8 Å². The van der Waals surface area contributed by atoms with Crippen molar-refractivity contribution in [3.8, 4) is 0 Å². The molecule has 1 rings (SSSR count). The molecule has 3 N–H and O–H groups in total. The van der Waals surface area contributed by atoms with Crippen molar-refractivity contribution in [2.24, 2.45) is 5.73 Å². The molecule has 1 aromatic heterocycles. The number of esters is 1. The predicted molar refractivity (Wildman–Crippen MR) is 69.5 cm³/mol. The maximum atomic E-state index is 11.5. The predicted octanol–water partition coefficient (Wildman–Crippen LogP) is 1.11. The molecule has 1 unspecified atom stereocenters. The average Bonchev–Trinajstić information content (AvgIpc) is 2.28. The van der Waals surface area contributed by atoms with Crippen LogP contribution < -0.4 is 11.1 Å². The second-order valence-electron chi connectivity index (χ2n) is 4.11. The highest BCUT2D eigenvalue weighted by atomic mass is 16.5. The Morgan fingerprint density at radius 3 is 2.89 bits per heavy atom. The minimum Gasteiger partial charge on any atom is -0.462 e. The molecular weight excluding hydrogens is 232 g/mol.